The number of aryl methyl sites for hydroxylation is 1. The summed E-state index contributed by atoms with van der Waals surface area (Å²) in [6.45, 7) is 4.31. The first-order valence-corrected chi connectivity index (χ1v) is 5.37. The van der Waals surface area contributed by atoms with Crippen LogP contribution in [0.2, 0.25) is 5.02 Å². The Morgan fingerprint density at radius 2 is 2.27 bits per heavy atom. The van der Waals surface area contributed by atoms with Crippen LogP contribution in [0.3, 0.4) is 0 Å². The molecule has 82 valence electrons. The first kappa shape index (κ1) is 12.2. The minimum absolute atomic E-state index is 0.244. The maximum atomic E-state index is 11.5. The molecule has 0 atom stereocenters. The van der Waals surface area contributed by atoms with E-state index in [1.165, 1.54) is 4.31 Å². The second kappa shape index (κ2) is 5.28. The van der Waals surface area contributed by atoms with Crippen molar-refractivity contribution in [3.8, 4) is 0 Å². The molecular weight excluding hydrogens is 232 g/mol. The molecule has 1 aromatic rings. The maximum Gasteiger partial charge on any atom is 0.331 e. The molecule has 0 spiro atoms. The van der Waals surface area contributed by atoms with Crippen molar-refractivity contribution in [2.45, 2.75) is 13.8 Å². The maximum absolute atomic E-state index is 11.5. The topological polar surface area (TPSA) is 32.3 Å². The molecule has 0 aromatic heterocycles. The van der Waals surface area contributed by atoms with Crippen LogP contribution in [0.4, 0.5) is 10.5 Å². The Labute approximate surface area is 100.0 Å². The summed E-state index contributed by atoms with van der Waals surface area (Å²) in [5.74, 6) is 0. The fraction of sp³-hybridized carbons (Fsp3) is 0.300. The molecule has 0 heterocycles. The number of halogens is 1. The van der Waals surface area contributed by atoms with E-state index in [4.69, 9.17) is 11.6 Å². The number of carbonyl (C=O) groups excluding carboxylic acids is 1. The predicted molar refractivity (Wildman–Crippen MR) is 66.7 cm³/mol. The summed E-state index contributed by atoms with van der Waals surface area (Å²) in [5, 5.41) is 3.31. The standard InChI is InChI=1S/C10H13ClN2OS/c1-3-12-10(14)13(15)9-5-4-8(11)6-7(9)2/h4-6,15H,3H2,1-2H3,(H,12,14). The lowest BCUT2D eigenvalue weighted by Crippen LogP contribution is -2.34. The zero-order valence-electron chi connectivity index (χ0n) is 8.62. The minimum atomic E-state index is -0.244. The fourth-order valence-electron chi connectivity index (χ4n) is 1.19. The van der Waals surface area contributed by atoms with Gasteiger partial charge in [0.05, 0.1) is 5.69 Å². The molecule has 3 nitrogen and oxygen atoms in total. The van der Waals surface area contributed by atoms with Crippen LogP contribution in [0.25, 0.3) is 0 Å². The number of nitrogens with one attached hydrogen (secondary N) is 1. The molecule has 0 aliphatic rings. The number of carbonyl (C=O) groups is 1. The van der Waals surface area contributed by atoms with Gasteiger partial charge in [-0.3, -0.25) is 0 Å². The highest BCUT2D eigenvalue weighted by molar-refractivity contribution is 7.82. The molecule has 1 rings (SSSR count). The van der Waals surface area contributed by atoms with Crippen molar-refractivity contribution in [3.63, 3.8) is 0 Å². The van der Waals surface area contributed by atoms with Crippen molar-refractivity contribution in [3.05, 3.63) is 28.8 Å². The zero-order valence-corrected chi connectivity index (χ0v) is 10.3. The normalized spacial score (nSPS) is 9.87. The molecule has 0 unspecified atom stereocenters. The lowest BCUT2D eigenvalue weighted by atomic mass is 10.2. The number of anilines is 1. The highest BCUT2D eigenvalue weighted by Gasteiger charge is 2.12. The van der Waals surface area contributed by atoms with E-state index in [0.717, 1.165) is 11.3 Å². The second-order valence-corrected chi connectivity index (χ2v) is 3.91. The molecule has 0 fully saturated rings. The van der Waals surface area contributed by atoms with Crippen molar-refractivity contribution >= 4 is 36.1 Å². The molecule has 0 radical (unpaired) electrons. The first-order chi connectivity index (χ1) is 7.06. The summed E-state index contributed by atoms with van der Waals surface area (Å²) in [4.78, 5) is 11.5. The van der Waals surface area contributed by atoms with Gasteiger partial charge in [0.2, 0.25) is 0 Å². The largest absolute Gasteiger partial charge is 0.337 e. The van der Waals surface area contributed by atoms with E-state index < -0.39 is 0 Å². The molecule has 0 saturated carbocycles. The highest BCUT2D eigenvalue weighted by atomic mass is 35.5. The Balaban J connectivity index is 2.91. The predicted octanol–water partition coefficient (Wildman–Crippen LogP) is 3.03. The summed E-state index contributed by atoms with van der Waals surface area (Å²) in [6.07, 6.45) is 0. The van der Waals surface area contributed by atoms with Gasteiger partial charge in [-0.1, -0.05) is 24.4 Å². The molecule has 15 heavy (non-hydrogen) atoms. The van der Waals surface area contributed by atoms with Gasteiger partial charge in [-0.15, -0.1) is 0 Å². The van der Waals surface area contributed by atoms with Gasteiger partial charge in [0.25, 0.3) is 0 Å². The number of nitrogens with zero attached hydrogens (tertiary/aromatic N) is 1. The molecule has 5 heteroatoms. The van der Waals surface area contributed by atoms with E-state index in [0.29, 0.717) is 11.6 Å². The molecule has 1 aromatic carbocycles. The van der Waals surface area contributed by atoms with E-state index in [9.17, 15) is 4.79 Å². The van der Waals surface area contributed by atoms with E-state index in [1.807, 2.05) is 13.8 Å². The number of hydrogen-bond donors (Lipinski definition) is 2. The number of thiol groups is 1. The van der Waals surface area contributed by atoms with Crippen molar-refractivity contribution in [1.29, 1.82) is 0 Å². The molecule has 0 aliphatic heterocycles. The van der Waals surface area contributed by atoms with Crippen LogP contribution in [-0.4, -0.2) is 12.6 Å². The van der Waals surface area contributed by atoms with Crippen LogP contribution in [0.15, 0.2) is 18.2 Å². The van der Waals surface area contributed by atoms with Gasteiger partial charge >= 0.3 is 6.03 Å². The highest BCUT2D eigenvalue weighted by Crippen LogP contribution is 2.24. The van der Waals surface area contributed by atoms with E-state index >= 15 is 0 Å². The van der Waals surface area contributed by atoms with Gasteiger partial charge < -0.3 is 5.32 Å². The average Bonchev–Trinajstić information content (AvgIpc) is 2.17. The van der Waals surface area contributed by atoms with Crippen LogP contribution in [-0.2, 0) is 0 Å². The summed E-state index contributed by atoms with van der Waals surface area (Å²) < 4.78 is 1.27. The summed E-state index contributed by atoms with van der Waals surface area (Å²) in [5.41, 5.74) is 1.64. The molecular formula is C10H13ClN2OS. The molecule has 0 bridgehead atoms. The zero-order chi connectivity index (χ0) is 11.4. The van der Waals surface area contributed by atoms with Crippen LogP contribution in [0.1, 0.15) is 12.5 Å². The quantitative estimate of drug-likeness (QED) is 0.771. The van der Waals surface area contributed by atoms with Gasteiger partial charge in [-0.2, -0.15) is 0 Å². The first-order valence-electron chi connectivity index (χ1n) is 4.59. The van der Waals surface area contributed by atoms with Crippen LogP contribution in [0, 0.1) is 6.92 Å². The smallest absolute Gasteiger partial charge is 0.331 e. The van der Waals surface area contributed by atoms with Crippen molar-refractivity contribution in [2.24, 2.45) is 0 Å². The Hall–Kier alpha value is -0.870. The monoisotopic (exact) mass is 244 g/mol. The lowest BCUT2D eigenvalue weighted by molar-refractivity contribution is 0.250. The third-order valence-electron chi connectivity index (χ3n) is 1.91. The summed E-state index contributed by atoms with van der Waals surface area (Å²) >= 11 is 9.95. The third-order valence-corrected chi connectivity index (χ3v) is 2.54. The summed E-state index contributed by atoms with van der Waals surface area (Å²) in [7, 11) is 0. The van der Waals surface area contributed by atoms with E-state index in [2.05, 4.69) is 18.1 Å². The number of hydrogen-bond acceptors (Lipinski definition) is 2. The Morgan fingerprint density at radius 3 is 2.80 bits per heavy atom. The van der Waals surface area contributed by atoms with Crippen LogP contribution < -0.4 is 9.62 Å². The van der Waals surface area contributed by atoms with Gasteiger partial charge in [0.15, 0.2) is 0 Å². The third kappa shape index (κ3) is 3.04. The molecule has 2 amide bonds. The Kier molecular flexibility index (Phi) is 4.29. The number of amides is 2. The summed E-state index contributed by atoms with van der Waals surface area (Å²) in [6, 6.07) is 5.04. The Morgan fingerprint density at radius 1 is 1.60 bits per heavy atom. The second-order valence-electron chi connectivity index (χ2n) is 3.08. The van der Waals surface area contributed by atoms with Gasteiger partial charge in [0, 0.05) is 11.6 Å². The van der Waals surface area contributed by atoms with Gasteiger partial charge in [-0.05, 0) is 37.6 Å². The fourth-order valence-corrected chi connectivity index (χ4v) is 1.71. The Bertz CT molecular complexity index is 370. The van der Waals surface area contributed by atoms with Crippen molar-refractivity contribution in [2.75, 3.05) is 10.8 Å². The van der Waals surface area contributed by atoms with E-state index in [1.54, 1.807) is 18.2 Å². The molecule has 0 aliphatic carbocycles. The van der Waals surface area contributed by atoms with Gasteiger partial charge in [-0.25, -0.2) is 9.10 Å². The van der Waals surface area contributed by atoms with Crippen molar-refractivity contribution < 1.29 is 4.79 Å². The number of rotatable bonds is 2. The average molecular weight is 245 g/mol. The lowest BCUT2D eigenvalue weighted by Gasteiger charge is -2.18. The minimum Gasteiger partial charge on any atom is -0.337 e. The van der Waals surface area contributed by atoms with Crippen LogP contribution in [0.5, 0.6) is 0 Å². The van der Waals surface area contributed by atoms with E-state index in [-0.39, 0.29) is 6.03 Å². The van der Waals surface area contributed by atoms with Crippen molar-refractivity contribution in [1.82, 2.24) is 5.32 Å². The SMILES string of the molecule is CCNC(=O)N(S)c1ccc(Cl)cc1C. The number of benzene rings is 1. The van der Waals surface area contributed by atoms with Gasteiger partial charge in [0.1, 0.15) is 0 Å². The molecule has 1 N–H and O–H groups in total. The molecule has 0 saturated heterocycles. The number of urea groups is 1. The van der Waals surface area contributed by atoms with Crippen LogP contribution >= 0.6 is 24.4 Å².